The van der Waals surface area contributed by atoms with Crippen LogP contribution in [0.1, 0.15) is 28.6 Å². The molecule has 3 heterocycles. The van der Waals surface area contributed by atoms with Crippen molar-refractivity contribution in [1.82, 2.24) is 19.2 Å². The third kappa shape index (κ3) is 3.73. The Labute approximate surface area is 195 Å². The molecule has 1 aromatic carbocycles. The van der Waals surface area contributed by atoms with Gasteiger partial charge in [-0.15, -0.1) is 0 Å². The number of carbonyl (C=O) groups is 2. The summed E-state index contributed by atoms with van der Waals surface area (Å²) in [4.78, 5) is 34.3. The molecule has 4 rings (SSSR count). The Kier molecular flexibility index (Phi) is 5.92. The fraction of sp³-hybridized carbons (Fsp3) is 0.292. The van der Waals surface area contributed by atoms with Gasteiger partial charge in [0.1, 0.15) is 11.3 Å². The van der Waals surface area contributed by atoms with Gasteiger partial charge in [-0.1, -0.05) is 34.1 Å². The van der Waals surface area contributed by atoms with Crippen LogP contribution in [0.25, 0.3) is 11.4 Å². The number of amides is 1. The summed E-state index contributed by atoms with van der Waals surface area (Å²) in [5, 5.41) is 11.4. The summed E-state index contributed by atoms with van der Waals surface area (Å²) >= 11 is 3.43. The number of aliphatic hydroxyl groups excluding tert-OH is 1. The Bertz CT molecular complexity index is 1240. The van der Waals surface area contributed by atoms with Crippen LogP contribution in [0.4, 0.5) is 0 Å². The number of fused-ring (bicyclic) bond motifs is 1. The number of aliphatic hydroxyl groups is 1. The van der Waals surface area contributed by atoms with Crippen molar-refractivity contribution in [2.75, 3.05) is 27.2 Å². The number of hydrogen-bond acceptors (Lipinski definition) is 5. The van der Waals surface area contributed by atoms with Crippen LogP contribution >= 0.6 is 15.9 Å². The van der Waals surface area contributed by atoms with Gasteiger partial charge in [-0.25, -0.2) is 4.98 Å². The number of likely N-dealkylation sites (tertiary alicyclic amines) is 1. The summed E-state index contributed by atoms with van der Waals surface area (Å²) < 4.78 is 2.66. The molecule has 1 unspecified atom stereocenters. The summed E-state index contributed by atoms with van der Waals surface area (Å²) in [6.45, 7) is 4.68. The Balaban J connectivity index is 1.94. The smallest absolute Gasteiger partial charge is 0.295 e. The molecule has 1 saturated heterocycles. The minimum absolute atomic E-state index is 0.0856. The Morgan fingerprint density at radius 2 is 1.84 bits per heavy atom. The number of likely N-dealkylation sites (N-methyl/N-ethyl adjacent to an activating group) is 1. The van der Waals surface area contributed by atoms with Crippen LogP contribution in [0.3, 0.4) is 0 Å². The second kappa shape index (κ2) is 8.52. The fourth-order valence-electron chi connectivity index (χ4n) is 4.14. The molecule has 8 heteroatoms. The van der Waals surface area contributed by atoms with Gasteiger partial charge in [-0.3, -0.25) is 14.0 Å². The predicted octanol–water partition coefficient (Wildman–Crippen LogP) is 3.70. The standard InChI is InChI=1S/C24H25BrN4O3/c1-14-6-5-11-28-19(15(2)26-23(14)28)21(30)18-20(16-7-9-17(25)10-8-16)29(13-12-27(3)4)24(32)22(18)31/h5-11,20,30H,12-13H2,1-4H3/b21-18-. The molecular formula is C24H25BrN4O3. The highest BCUT2D eigenvalue weighted by atomic mass is 79.9. The van der Waals surface area contributed by atoms with Crippen LogP contribution in [-0.2, 0) is 9.59 Å². The highest BCUT2D eigenvalue weighted by molar-refractivity contribution is 9.10. The van der Waals surface area contributed by atoms with E-state index in [9.17, 15) is 14.7 Å². The monoisotopic (exact) mass is 496 g/mol. The average molecular weight is 497 g/mol. The molecule has 166 valence electrons. The molecule has 1 N–H and O–H groups in total. The average Bonchev–Trinajstić information content (AvgIpc) is 3.21. The van der Waals surface area contributed by atoms with Crippen LogP contribution in [-0.4, -0.2) is 63.2 Å². The summed E-state index contributed by atoms with van der Waals surface area (Å²) in [6, 6.07) is 10.6. The maximum Gasteiger partial charge on any atom is 0.295 e. The molecule has 1 aliphatic heterocycles. The van der Waals surface area contributed by atoms with E-state index in [0.717, 1.165) is 15.6 Å². The van der Waals surface area contributed by atoms with Gasteiger partial charge in [0.15, 0.2) is 5.76 Å². The van der Waals surface area contributed by atoms with Gasteiger partial charge in [0.25, 0.3) is 11.7 Å². The zero-order chi connectivity index (χ0) is 23.2. The first-order chi connectivity index (χ1) is 15.2. The third-order valence-electron chi connectivity index (χ3n) is 5.76. The van der Waals surface area contributed by atoms with E-state index in [2.05, 4.69) is 20.9 Å². The first-order valence-corrected chi connectivity index (χ1v) is 11.1. The number of benzene rings is 1. The molecule has 1 amide bonds. The van der Waals surface area contributed by atoms with E-state index in [0.29, 0.717) is 30.1 Å². The van der Waals surface area contributed by atoms with E-state index in [4.69, 9.17) is 0 Å². The molecular weight excluding hydrogens is 472 g/mol. The number of nitrogens with zero attached hydrogens (tertiary/aromatic N) is 4. The van der Waals surface area contributed by atoms with Gasteiger partial charge < -0.3 is 14.9 Å². The van der Waals surface area contributed by atoms with E-state index in [1.165, 1.54) is 0 Å². The number of ketones is 1. The zero-order valence-electron chi connectivity index (χ0n) is 18.5. The zero-order valence-corrected chi connectivity index (χ0v) is 20.0. The van der Waals surface area contributed by atoms with Gasteiger partial charge in [-0.2, -0.15) is 0 Å². The van der Waals surface area contributed by atoms with Crippen molar-refractivity contribution >= 4 is 39.0 Å². The molecule has 2 aromatic heterocycles. The SMILES string of the molecule is Cc1nc2c(C)cccn2c1/C(O)=C1/C(=O)C(=O)N(CCN(C)C)C1c1ccc(Br)cc1. The lowest BCUT2D eigenvalue weighted by atomic mass is 9.96. The quantitative estimate of drug-likeness (QED) is 0.331. The second-order valence-electron chi connectivity index (χ2n) is 8.28. The largest absolute Gasteiger partial charge is 0.505 e. The van der Waals surface area contributed by atoms with E-state index < -0.39 is 17.7 Å². The molecule has 32 heavy (non-hydrogen) atoms. The van der Waals surface area contributed by atoms with E-state index >= 15 is 0 Å². The molecule has 1 aliphatic rings. The van der Waals surface area contributed by atoms with Crippen molar-refractivity contribution in [3.8, 4) is 0 Å². The van der Waals surface area contributed by atoms with E-state index in [1.807, 2.05) is 62.3 Å². The fourth-order valence-corrected chi connectivity index (χ4v) is 4.40. The number of aryl methyl sites for hydroxylation is 2. The molecule has 7 nitrogen and oxygen atoms in total. The lowest BCUT2D eigenvalue weighted by Crippen LogP contribution is -2.35. The highest BCUT2D eigenvalue weighted by Crippen LogP contribution is 2.40. The topological polar surface area (TPSA) is 78.1 Å². The molecule has 1 fully saturated rings. The van der Waals surface area contributed by atoms with Crippen molar-refractivity contribution in [2.45, 2.75) is 19.9 Å². The lowest BCUT2D eigenvalue weighted by molar-refractivity contribution is -0.140. The lowest BCUT2D eigenvalue weighted by Gasteiger charge is -2.26. The molecule has 1 atom stereocenters. The summed E-state index contributed by atoms with van der Waals surface area (Å²) in [7, 11) is 3.82. The molecule has 0 bridgehead atoms. The number of hydrogen-bond donors (Lipinski definition) is 1. The first-order valence-electron chi connectivity index (χ1n) is 10.3. The van der Waals surface area contributed by atoms with Crippen molar-refractivity contribution in [1.29, 1.82) is 0 Å². The van der Waals surface area contributed by atoms with Gasteiger partial charge in [0.05, 0.1) is 17.3 Å². The minimum Gasteiger partial charge on any atom is -0.505 e. The summed E-state index contributed by atoms with van der Waals surface area (Å²) in [6.07, 6.45) is 1.80. The summed E-state index contributed by atoms with van der Waals surface area (Å²) in [5.41, 5.74) is 3.51. The van der Waals surface area contributed by atoms with Crippen molar-refractivity contribution in [3.05, 3.63) is 75.2 Å². The van der Waals surface area contributed by atoms with Gasteiger partial charge in [0.2, 0.25) is 0 Å². The molecule has 0 saturated carbocycles. The summed E-state index contributed by atoms with van der Waals surface area (Å²) in [5.74, 6) is -1.50. The Hall–Kier alpha value is -2.97. The number of pyridine rings is 1. The van der Waals surface area contributed by atoms with Crippen LogP contribution in [0.2, 0.25) is 0 Å². The van der Waals surface area contributed by atoms with E-state index in [1.54, 1.807) is 22.4 Å². The van der Waals surface area contributed by atoms with Crippen molar-refractivity contribution in [2.24, 2.45) is 0 Å². The van der Waals surface area contributed by atoms with Gasteiger partial charge >= 0.3 is 0 Å². The maximum absolute atomic E-state index is 13.2. The number of carbonyl (C=O) groups excluding carboxylic acids is 2. The Morgan fingerprint density at radius 3 is 2.50 bits per heavy atom. The molecule has 0 aliphatic carbocycles. The number of imidazole rings is 1. The normalized spacial score (nSPS) is 18.3. The number of halogens is 1. The van der Waals surface area contributed by atoms with Crippen molar-refractivity contribution < 1.29 is 14.7 Å². The minimum atomic E-state index is -0.684. The van der Waals surface area contributed by atoms with Crippen LogP contribution < -0.4 is 0 Å². The predicted molar refractivity (Wildman–Crippen MR) is 126 cm³/mol. The van der Waals surface area contributed by atoms with E-state index in [-0.39, 0.29) is 11.3 Å². The molecule has 3 aromatic rings. The molecule has 0 radical (unpaired) electrons. The molecule has 0 spiro atoms. The first kappa shape index (κ1) is 22.2. The number of aromatic nitrogens is 2. The highest BCUT2D eigenvalue weighted by Gasteiger charge is 2.46. The van der Waals surface area contributed by atoms with Crippen LogP contribution in [0, 0.1) is 13.8 Å². The second-order valence-corrected chi connectivity index (χ2v) is 9.19. The van der Waals surface area contributed by atoms with Crippen LogP contribution in [0.15, 0.2) is 52.6 Å². The maximum atomic E-state index is 13.2. The Morgan fingerprint density at radius 1 is 1.16 bits per heavy atom. The van der Waals surface area contributed by atoms with Gasteiger partial charge in [-0.05, 0) is 57.3 Å². The van der Waals surface area contributed by atoms with Gasteiger partial charge in [0, 0.05) is 23.8 Å². The number of Topliss-reactive ketones (excluding diaryl/α,β-unsaturated/α-hetero) is 1. The van der Waals surface area contributed by atoms with Crippen LogP contribution in [0.5, 0.6) is 0 Å². The van der Waals surface area contributed by atoms with Crippen molar-refractivity contribution in [3.63, 3.8) is 0 Å². The number of rotatable bonds is 5. The third-order valence-corrected chi connectivity index (χ3v) is 6.29.